The molecule has 0 saturated carbocycles. The van der Waals surface area contributed by atoms with Crippen molar-refractivity contribution in [2.24, 2.45) is 0 Å². The summed E-state index contributed by atoms with van der Waals surface area (Å²) in [4.78, 5) is 27.2. The molecule has 0 aliphatic heterocycles. The van der Waals surface area contributed by atoms with Crippen molar-refractivity contribution in [1.82, 2.24) is 0 Å². The minimum Gasteiger partial charge on any atom is -0.470 e. The molecule has 0 radical (unpaired) electrons. The summed E-state index contributed by atoms with van der Waals surface area (Å²) in [7, 11) is 6.99. The summed E-state index contributed by atoms with van der Waals surface area (Å²) < 4.78 is 0.417. The van der Waals surface area contributed by atoms with Gasteiger partial charge in [0.15, 0.2) is 11.6 Å². The highest BCUT2D eigenvalue weighted by molar-refractivity contribution is 7.38. The first-order valence-corrected chi connectivity index (χ1v) is 20.6. The highest BCUT2D eigenvalue weighted by atomic mass is 31.1. The number of hydrogen-bond donors (Lipinski definition) is 1. The molecule has 0 aromatic heterocycles. The van der Waals surface area contributed by atoms with E-state index in [9.17, 15) is 14.7 Å². The van der Waals surface area contributed by atoms with E-state index in [4.69, 9.17) is 0 Å². The number of rotatable bonds is 34. The second-order valence-corrected chi connectivity index (χ2v) is 16.1. The fraction of sp³-hybridized carbons (Fsp3) is 0.949. The zero-order chi connectivity index (χ0) is 32.9. The van der Waals surface area contributed by atoms with E-state index in [1.165, 1.54) is 128 Å². The summed E-state index contributed by atoms with van der Waals surface area (Å²) in [5, 5.41) is 11.9. The van der Waals surface area contributed by atoms with Crippen LogP contribution in [0.1, 0.15) is 201 Å². The van der Waals surface area contributed by atoms with E-state index < -0.39 is 11.4 Å². The first-order valence-electron chi connectivity index (χ1n) is 19.4. The molecule has 0 aromatic rings. The molecule has 0 saturated heterocycles. The van der Waals surface area contributed by atoms with Crippen LogP contribution in [-0.2, 0) is 9.59 Å². The van der Waals surface area contributed by atoms with Crippen LogP contribution in [0.3, 0.4) is 0 Å². The lowest BCUT2D eigenvalue weighted by Crippen LogP contribution is -2.64. The molecular formula is C39H78NO3P. The Labute approximate surface area is 278 Å². The Morgan fingerprint density at radius 2 is 0.750 bits per heavy atom. The van der Waals surface area contributed by atoms with Crippen molar-refractivity contribution in [3.63, 3.8) is 0 Å². The molecule has 1 atom stereocenters. The van der Waals surface area contributed by atoms with Crippen molar-refractivity contribution in [3.05, 3.63) is 0 Å². The van der Waals surface area contributed by atoms with Gasteiger partial charge in [0, 0.05) is 18.6 Å². The molecule has 0 aliphatic rings. The lowest BCUT2D eigenvalue weighted by Gasteiger charge is -2.50. The summed E-state index contributed by atoms with van der Waals surface area (Å²) in [6, 6.07) is 0. The van der Waals surface area contributed by atoms with Crippen LogP contribution in [0.25, 0.3) is 0 Å². The van der Waals surface area contributed by atoms with Crippen molar-refractivity contribution in [2.75, 3.05) is 27.3 Å². The van der Waals surface area contributed by atoms with Crippen LogP contribution in [0.4, 0.5) is 0 Å². The highest BCUT2D eigenvalue weighted by Gasteiger charge is 2.49. The van der Waals surface area contributed by atoms with Gasteiger partial charge in [0.25, 0.3) is 0 Å². The predicted octanol–water partition coefficient (Wildman–Crippen LogP) is 11.8. The largest absolute Gasteiger partial charge is 0.470 e. The van der Waals surface area contributed by atoms with Crippen LogP contribution in [0.5, 0.6) is 0 Å². The SMILES string of the molecule is CCCCCCCCCCCCCCCC(=O)C(O)(C(=O)CCCCCCCCCCCCCCC)C([P-]CC)[N+](C)(C)C. The summed E-state index contributed by atoms with van der Waals surface area (Å²) in [6.45, 7) is 6.61. The molecule has 0 heterocycles. The maximum atomic E-state index is 13.6. The summed E-state index contributed by atoms with van der Waals surface area (Å²) in [5.74, 6) is -0.894. The van der Waals surface area contributed by atoms with Gasteiger partial charge in [-0.2, -0.15) is 6.16 Å². The normalized spacial score (nSPS) is 13.2. The topological polar surface area (TPSA) is 54.4 Å². The average molecular weight is 640 g/mol. The molecule has 0 aromatic carbocycles. The highest BCUT2D eigenvalue weighted by Crippen LogP contribution is 2.37. The first kappa shape index (κ1) is 43.7. The number of aliphatic hydroxyl groups is 1. The molecule has 262 valence electrons. The maximum absolute atomic E-state index is 13.6. The summed E-state index contributed by atoms with van der Waals surface area (Å²) in [6.07, 6.45) is 34.1. The quantitative estimate of drug-likeness (QED) is 0.0330. The van der Waals surface area contributed by atoms with Gasteiger partial charge in [0.1, 0.15) is 0 Å². The van der Waals surface area contributed by atoms with Gasteiger partial charge < -0.3 is 18.2 Å². The summed E-state index contributed by atoms with van der Waals surface area (Å²) in [5.41, 5.74) is -1.87. The Kier molecular flexibility index (Phi) is 28.7. The van der Waals surface area contributed by atoms with E-state index in [1.54, 1.807) is 0 Å². The molecule has 44 heavy (non-hydrogen) atoms. The number of Topliss-reactive ketones (excluding diaryl/α,β-unsaturated/α-hetero) is 2. The molecule has 0 fully saturated rings. The molecule has 0 amide bonds. The molecule has 0 aliphatic carbocycles. The molecular weight excluding hydrogens is 561 g/mol. The first-order chi connectivity index (χ1) is 21.2. The average Bonchev–Trinajstić information content (AvgIpc) is 2.99. The third-order valence-corrected chi connectivity index (χ3v) is 11.1. The van der Waals surface area contributed by atoms with Crippen LogP contribution in [0, 0.1) is 0 Å². The van der Waals surface area contributed by atoms with Gasteiger partial charge in [-0.1, -0.05) is 175 Å². The van der Waals surface area contributed by atoms with Crippen LogP contribution in [0.2, 0.25) is 0 Å². The van der Waals surface area contributed by atoms with Gasteiger partial charge in [-0.3, -0.25) is 9.59 Å². The van der Waals surface area contributed by atoms with Gasteiger partial charge in [-0.05, 0) is 12.8 Å². The number of unbranched alkanes of at least 4 members (excludes halogenated alkanes) is 24. The number of carbonyl (C=O) groups is 2. The van der Waals surface area contributed by atoms with E-state index in [0.717, 1.165) is 53.3 Å². The lowest BCUT2D eigenvalue weighted by atomic mass is 9.85. The van der Waals surface area contributed by atoms with Gasteiger partial charge in [-0.25, -0.2) is 0 Å². The predicted molar refractivity (Wildman–Crippen MR) is 195 cm³/mol. The Hall–Kier alpha value is -0.310. The zero-order valence-electron chi connectivity index (χ0n) is 30.7. The van der Waals surface area contributed by atoms with E-state index in [1.807, 2.05) is 21.1 Å². The van der Waals surface area contributed by atoms with E-state index in [2.05, 4.69) is 20.8 Å². The number of hydrogen-bond acceptors (Lipinski definition) is 3. The second kappa shape index (κ2) is 28.9. The standard InChI is InChI=1S/C39H78NO3P/c1-7-10-12-14-16-18-20-22-24-26-28-30-32-34-36(41)39(43,38(44-9-3)40(4,5)6)37(42)35-33-31-29-27-25-23-21-19-17-15-13-11-8-2/h38,43H,7-35H2,1-6H3. The van der Waals surface area contributed by atoms with E-state index in [-0.39, 0.29) is 11.6 Å². The van der Waals surface area contributed by atoms with Crippen molar-refractivity contribution >= 4 is 20.1 Å². The summed E-state index contributed by atoms with van der Waals surface area (Å²) >= 11 is 0. The van der Waals surface area contributed by atoms with E-state index in [0.29, 0.717) is 17.3 Å². The monoisotopic (exact) mass is 640 g/mol. The Morgan fingerprint density at radius 1 is 0.500 bits per heavy atom. The van der Waals surface area contributed by atoms with Gasteiger partial charge in [0.05, 0.1) is 21.1 Å². The van der Waals surface area contributed by atoms with Crippen molar-refractivity contribution in [1.29, 1.82) is 0 Å². The fourth-order valence-corrected chi connectivity index (χ4v) is 7.93. The molecule has 0 spiro atoms. The lowest BCUT2D eigenvalue weighted by molar-refractivity contribution is -0.885. The molecule has 0 bridgehead atoms. The maximum Gasteiger partial charge on any atom is 0.204 e. The minimum atomic E-state index is -1.87. The smallest absolute Gasteiger partial charge is 0.204 e. The van der Waals surface area contributed by atoms with E-state index >= 15 is 0 Å². The molecule has 1 N–H and O–H groups in total. The van der Waals surface area contributed by atoms with Gasteiger partial charge in [-0.15, -0.1) is 0 Å². The molecule has 0 rings (SSSR count). The third-order valence-electron chi connectivity index (χ3n) is 9.33. The molecule has 4 nitrogen and oxygen atoms in total. The van der Waals surface area contributed by atoms with Crippen LogP contribution in [0.15, 0.2) is 0 Å². The number of likely N-dealkylation sites (N-methyl/N-ethyl adjacent to an activating group) is 1. The Morgan fingerprint density at radius 3 is 0.977 bits per heavy atom. The van der Waals surface area contributed by atoms with Crippen LogP contribution in [-0.4, -0.2) is 59.8 Å². The van der Waals surface area contributed by atoms with Crippen molar-refractivity contribution in [3.8, 4) is 0 Å². The van der Waals surface area contributed by atoms with Gasteiger partial charge >= 0.3 is 0 Å². The zero-order valence-corrected chi connectivity index (χ0v) is 31.6. The molecule has 1 unspecified atom stereocenters. The van der Waals surface area contributed by atoms with Gasteiger partial charge in [0.2, 0.25) is 5.60 Å². The number of ketones is 2. The number of carbonyl (C=O) groups excluding carboxylic acids is 2. The Balaban J connectivity index is 4.50. The molecule has 5 heteroatoms. The van der Waals surface area contributed by atoms with Crippen molar-refractivity contribution < 1.29 is 19.2 Å². The fourth-order valence-electron chi connectivity index (χ4n) is 6.54. The number of quaternary nitrogens is 1. The number of nitrogens with zero attached hydrogens (tertiary/aromatic N) is 1. The minimum absolute atomic E-state index is 0.237. The second-order valence-electron chi connectivity index (χ2n) is 14.6. The van der Waals surface area contributed by atoms with Crippen LogP contribution < -0.4 is 0 Å². The third kappa shape index (κ3) is 21.5. The van der Waals surface area contributed by atoms with Crippen molar-refractivity contribution in [2.45, 2.75) is 212 Å². The van der Waals surface area contributed by atoms with Crippen LogP contribution >= 0.6 is 8.58 Å². The Bertz CT molecular complexity index is 633.